The average molecular weight is 534 g/mol. The fourth-order valence-electron chi connectivity index (χ4n) is 3.95. The van der Waals surface area contributed by atoms with E-state index in [1.54, 1.807) is 18.1 Å². The van der Waals surface area contributed by atoms with Crippen molar-refractivity contribution >= 4 is 63.0 Å². The molecule has 0 aliphatic carbocycles. The Bertz CT molecular complexity index is 1370. The van der Waals surface area contributed by atoms with Crippen molar-refractivity contribution in [2.75, 3.05) is 31.2 Å². The van der Waals surface area contributed by atoms with Crippen LogP contribution in [0.3, 0.4) is 0 Å². The molecule has 0 unspecified atom stereocenters. The summed E-state index contributed by atoms with van der Waals surface area (Å²) in [5, 5.41) is 3.35. The van der Waals surface area contributed by atoms with E-state index in [-0.39, 0.29) is 21.8 Å². The molecule has 1 amide bonds. The summed E-state index contributed by atoms with van der Waals surface area (Å²) in [4.78, 5) is 22.7. The molecule has 0 bridgehead atoms. The lowest BCUT2D eigenvalue weighted by Crippen LogP contribution is -2.39. The van der Waals surface area contributed by atoms with E-state index < -0.39 is 11.4 Å². The zero-order chi connectivity index (χ0) is 26.2. The van der Waals surface area contributed by atoms with Gasteiger partial charge in [-0.05, 0) is 44.9 Å². The molecule has 1 aliphatic rings. The van der Waals surface area contributed by atoms with Crippen LogP contribution in [-0.4, -0.2) is 46.8 Å². The maximum Gasteiger partial charge on any atom is 0.410 e. The SMILES string of the molecule is COc1cc2ncnc(Nc3ccc(Cl)c(Cl)c3F)c2c(N)c1C1=CCN(C(=O)OC(C)(C)C)CC1. The van der Waals surface area contributed by atoms with Crippen LogP contribution in [0, 0.1) is 5.82 Å². The molecule has 0 saturated heterocycles. The van der Waals surface area contributed by atoms with Crippen LogP contribution in [-0.2, 0) is 4.74 Å². The van der Waals surface area contributed by atoms with Gasteiger partial charge in [0.25, 0.3) is 0 Å². The predicted octanol–water partition coefficient (Wildman–Crippen LogP) is 6.43. The van der Waals surface area contributed by atoms with Crippen LogP contribution in [0.5, 0.6) is 5.75 Å². The van der Waals surface area contributed by atoms with Crippen LogP contribution in [0.4, 0.5) is 26.4 Å². The Hall–Kier alpha value is -3.30. The van der Waals surface area contributed by atoms with Crippen molar-refractivity contribution in [2.24, 2.45) is 0 Å². The van der Waals surface area contributed by atoms with Gasteiger partial charge in [0.2, 0.25) is 0 Å². The first-order valence-corrected chi connectivity index (χ1v) is 11.9. The lowest BCUT2D eigenvalue weighted by molar-refractivity contribution is 0.0270. The molecular weight excluding hydrogens is 508 g/mol. The maximum absolute atomic E-state index is 14.7. The van der Waals surface area contributed by atoms with Crippen molar-refractivity contribution in [1.82, 2.24) is 14.9 Å². The van der Waals surface area contributed by atoms with Gasteiger partial charge in [0, 0.05) is 24.7 Å². The number of carbonyl (C=O) groups excluding carboxylic acids is 1. The summed E-state index contributed by atoms with van der Waals surface area (Å²) in [6.45, 7) is 6.29. The Morgan fingerprint density at radius 3 is 2.64 bits per heavy atom. The van der Waals surface area contributed by atoms with Gasteiger partial charge in [-0.3, -0.25) is 0 Å². The van der Waals surface area contributed by atoms with Crippen molar-refractivity contribution in [1.29, 1.82) is 0 Å². The van der Waals surface area contributed by atoms with Crippen LogP contribution in [0.15, 0.2) is 30.6 Å². The Morgan fingerprint density at radius 2 is 2.00 bits per heavy atom. The van der Waals surface area contributed by atoms with Crippen LogP contribution < -0.4 is 15.8 Å². The second-order valence-electron chi connectivity index (χ2n) is 9.24. The van der Waals surface area contributed by atoms with E-state index in [1.165, 1.54) is 18.5 Å². The predicted molar refractivity (Wildman–Crippen MR) is 141 cm³/mol. The minimum Gasteiger partial charge on any atom is -0.496 e. The number of fused-ring (bicyclic) bond motifs is 1. The molecule has 0 fully saturated rings. The summed E-state index contributed by atoms with van der Waals surface area (Å²) in [6.07, 6.45) is 3.42. The molecule has 0 atom stereocenters. The van der Waals surface area contributed by atoms with Gasteiger partial charge in [-0.15, -0.1) is 0 Å². The highest BCUT2D eigenvalue weighted by molar-refractivity contribution is 6.42. The number of benzene rings is 2. The van der Waals surface area contributed by atoms with Gasteiger partial charge in [0.15, 0.2) is 5.82 Å². The molecule has 3 N–H and O–H groups in total. The molecule has 2 heterocycles. The van der Waals surface area contributed by atoms with Crippen molar-refractivity contribution in [3.8, 4) is 5.75 Å². The largest absolute Gasteiger partial charge is 0.496 e. The second-order valence-corrected chi connectivity index (χ2v) is 10.0. The minimum atomic E-state index is -0.708. The Balaban J connectivity index is 1.74. The summed E-state index contributed by atoms with van der Waals surface area (Å²) < 4.78 is 25.8. The number of methoxy groups -OCH3 is 1. The molecule has 0 radical (unpaired) electrons. The van der Waals surface area contributed by atoms with Gasteiger partial charge < -0.3 is 25.4 Å². The second kappa shape index (κ2) is 9.99. The number of halogens is 3. The minimum absolute atomic E-state index is 0.0889. The van der Waals surface area contributed by atoms with E-state index in [0.29, 0.717) is 53.2 Å². The van der Waals surface area contributed by atoms with E-state index >= 15 is 0 Å². The monoisotopic (exact) mass is 533 g/mol. The zero-order valence-electron chi connectivity index (χ0n) is 20.3. The molecule has 11 heteroatoms. The molecule has 2 aromatic carbocycles. The molecule has 0 spiro atoms. The molecule has 1 aliphatic heterocycles. The Labute approximate surface area is 218 Å². The number of hydrogen-bond acceptors (Lipinski definition) is 7. The van der Waals surface area contributed by atoms with Crippen LogP contribution >= 0.6 is 23.2 Å². The Morgan fingerprint density at radius 1 is 1.25 bits per heavy atom. The fraction of sp³-hybridized carbons (Fsp3) is 0.320. The van der Waals surface area contributed by atoms with Crippen molar-refractivity contribution in [3.05, 3.63) is 52.0 Å². The lowest BCUT2D eigenvalue weighted by Gasteiger charge is -2.30. The van der Waals surface area contributed by atoms with Gasteiger partial charge in [-0.1, -0.05) is 29.3 Å². The third kappa shape index (κ3) is 5.12. The highest BCUT2D eigenvalue weighted by Gasteiger charge is 2.27. The number of rotatable bonds is 4. The first-order chi connectivity index (χ1) is 17.0. The number of nitrogens with two attached hydrogens (primary N) is 1. The van der Waals surface area contributed by atoms with Crippen LogP contribution in [0.1, 0.15) is 32.8 Å². The number of amides is 1. The molecule has 0 saturated carbocycles. The standard InChI is InChI=1S/C25H26Cl2FN5O3/c1-25(2,3)36-24(34)33-9-7-13(8-10-33)18-17(35-4)11-16-19(22(18)29)23(31-12-30-16)32-15-6-5-14(26)20(27)21(15)28/h5-7,11-12H,8-10,29H2,1-4H3,(H,30,31,32). The van der Waals surface area contributed by atoms with E-state index in [1.807, 2.05) is 26.8 Å². The number of nitrogen functional groups attached to an aromatic ring is 1. The van der Waals surface area contributed by atoms with E-state index in [4.69, 9.17) is 38.4 Å². The summed E-state index contributed by atoms with van der Waals surface area (Å²) in [6, 6.07) is 4.70. The van der Waals surface area contributed by atoms with Gasteiger partial charge in [0.1, 0.15) is 23.5 Å². The fourth-order valence-corrected chi connectivity index (χ4v) is 4.26. The van der Waals surface area contributed by atoms with Gasteiger partial charge in [-0.2, -0.15) is 0 Å². The van der Waals surface area contributed by atoms with Crippen molar-refractivity contribution in [2.45, 2.75) is 32.8 Å². The van der Waals surface area contributed by atoms with E-state index in [0.717, 1.165) is 5.57 Å². The first kappa shape index (κ1) is 25.8. The summed E-state index contributed by atoms with van der Waals surface area (Å²) >= 11 is 11.9. The van der Waals surface area contributed by atoms with Crippen LogP contribution in [0.2, 0.25) is 10.0 Å². The number of ether oxygens (including phenoxy) is 2. The van der Waals surface area contributed by atoms with Crippen molar-refractivity contribution in [3.63, 3.8) is 0 Å². The molecule has 190 valence electrons. The normalized spacial score (nSPS) is 14.0. The number of hydrogen-bond donors (Lipinski definition) is 2. The topological polar surface area (TPSA) is 103 Å². The number of carbonyl (C=O) groups is 1. The van der Waals surface area contributed by atoms with Gasteiger partial charge in [-0.25, -0.2) is 19.2 Å². The summed E-state index contributed by atoms with van der Waals surface area (Å²) in [7, 11) is 1.55. The zero-order valence-corrected chi connectivity index (χ0v) is 21.8. The average Bonchev–Trinajstić information content (AvgIpc) is 2.83. The highest BCUT2D eigenvalue weighted by Crippen LogP contribution is 2.42. The molecule has 36 heavy (non-hydrogen) atoms. The quantitative estimate of drug-likeness (QED) is 0.294. The van der Waals surface area contributed by atoms with Gasteiger partial charge in [0.05, 0.1) is 39.4 Å². The molecule has 1 aromatic heterocycles. The van der Waals surface area contributed by atoms with Crippen molar-refractivity contribution < 1.29 is 18.7 Å². The lowest BCUT2D eigenvalue weighted by atomic mass is 9.95. The number of nitrogens with one attached hydrogen (secondary N) is 1. The van der Waals surface area contributed by atoms with E-state index in [2.05, 4.69) is 15.3 Å². The summed E-state index contributed by atoms with van der Waals surface area (Å²) in [5.74, 6) is 0.119. The van der Waals surface area contributed by atoms with Gasteiger partial charge >= 0.3 is 6.09 Å². The Kier molecular flexibility index (Phi) is 7.15. The third-order valence-electron chi connectivity index (χ3n) is 5.62. The molecule has 4 rings (SSSR count). The number of aromatic nitrogens is 2. The molecule has 3 aromatic rings. The van der Waals surface area contributed by atoms with Crippen LogP contribution in [0.25, 0.3) is 16.5 Å². The highest BCUT2D eigenvalue weighted by atomic mass is 35.5. The smallest absolute Gasteiger partial charge is 0.410 e. The maximum atomic E-state index is 14.7. The first-order valence-electron chi connectivity index (χ1n) is 11.2. The summed E-state index contributed by atoms with van der Waals surface area (Å²) in [5.41, 5.74) is 8.62. The molecule has 8 nitrogen and oxygen atoms in total. The number of anilines is 3. The third-order valence-corrected chi connectivity index (χ3v) is 6.40. The van der Waals surface area contributed by atoms with E-state index in [9.17, 15) is 9.18 Å². The molecular formula is C25H26Cl2FN5O3. The number of nitrogens with zero attached hydrogens (tertiary/aromatic N) is 3.